The van der Waals surface area contributed by atoms with Gasteiger partial charge in [-0.3, -0.25) is 9.52 Å². The molecule has 1 N–H and O–H groups in total. The predicted octanol–water partition coefficient (Wildman–Crippen LogP) is 2.95. The molecule has 154 valence electrons. The molecule has 0 aromatic heterocycles. The van der Waals surface area contributed by atoms with Gasteiger partial charge in [-0.05, 0) is 74.2 Å². The number of fused-ring (bicyclic) bond motifs is 1. The summed E-state index contributed by atoms with van der Waals surface area (Å²) in [6.45, 7) is 3.61. The molecule has 0 saturated carbocycles. The molecule has 1 fully saturated rings. The summed E-state index contributed by atoms with van der Waals surface area (Å²) in [5, 5.41) is 0. The molecule has 0 bridgehead atoms. The Hall–Kier alpha value is -2.58. The summed E-state index contributed by atoms with van der Waals surface area (Å²) in [4.78, 5) is 14.6. The smallest absolute Gasteiger partial charge is 0.261 e. The van der Waals surface area contributed by atoms with Crippen molar-refractivity contribution in [2.24, 2.45) is 0 Å². The van der Waals surface area contributed by atoms with Crippen LogP contribution in [-0.2, 0) is 26.0 Å². The Kier molecular flexibility index (Phi) is 5.47. The SMILES string of the molecule is CCOc1ccc(S(=O)(=O)Nc2ccc3c(c2)CCN3C(=O)C2CCCO2)cc1. The average Bonchev–Trinajstić information content (AvgIpc) is 3.38. The maximum absolute atomic E-state index is 12.7. The zero-order valence-electron chi connectivity index (χ0n) is 16.3. The van der Waals surface area contributed by atoms with E-state index in [1.165, 1.54) is 12.1 Å². The first-order chi connectivity index (χ1) is 14.0. The van der Waals surface area contributed by atoms with E-state index in [4.69, 9.17) is 9.47 Å². The Morgan fingerprint density at radius 2 is 2.03 bits per heavy atom. The Morgan fingerprint density at radius 1 is 1.24 bits per heavy atom. The van der Waals surface area contributed by atoms with Gasteiger partial charge in [-0.2, -0.15) is 0 Å². The first kappa shape index (κ1) is 19.7. The second-order valence-electron chi connectivity index (χ2n) is 7.09. The molecule has 4 rings (SSSR count). The highest BCUT2D eigenvalue weighted by molar-refractivity contribution is 7.92. The molecule has 29 heavy (non-hydrogen) atoms. The van der Waals surface area contributed by atoms with Crippen molar-refractivity contribution >= 4 is 27.3 Å². The van der Waals surface area contributed by atoms with E-state index in [1.807, 2.05) is 6.92 Å². The highest BCUT2D eigenvalue weighted by atomic mass is 32.2. The normalized spacial score (nSPS) is 18.5. The average molecular weight is 416 g/mol. The van der Waals surface area contributed by atoms with Gasteiger partial charge in [0.15, 0.2) is 0 Å². The van der Waals surface area contributed by atoms with Crippen molar-refractivity contribution in [2.45, 2.75) is 37.2 Å². The van der Waals surface area contributed by atoms with Gasteiger partial charge in [-0.1, -0.05) is 0 Å². The van der Waals surface area contributed by atoms with Gasteiger partial charge < -0.3 is 14.4 Å². The summed E-state index contributed by atoms with van der Waals surface area (Å²) in [6, 6.07) is 11.6. The summed E-state index contributed by atoms with van der Waals surface area (Å²) >= 11 is 0. The number of ether oxygens (including phenoxy) is 2. The van der Waals surface area contributed by atoms with Gasteiger partial charge in [-0.15, -0.1) is 0 Å². The lowest BCUT2D eigenvalue weighted by molar-refractivity contribution is -0.127. The zero-order valence-corrected chi connectivity index (χ0v) is 17.1. The standard InChI is InChI=1S/C21H24N2O5S/c1-2-27-17-6-8-18(9-7-17)29(25,26)22-16-5-10-19-15(14-16)11-12-23(19)21(24)20-4-3-13-28-20/h5-10,14,20,22H,2-4,11-13H2,1H3. The second kappa shape index (κ2) is 8.04. The molecule has 7 nitrogen and oxygen atoms in total. The lowest BCUT2D eigenvalue weighted by atomic mass is 10.1. The van der Waals surface area contributed by atoms with Crippen LogP contribution in [0.2, 0.25) is 0 Å². The molecule has 2 aliphatic heterocycles. The van der Waals surface area contributed by atoms with Crippen LogP contribution in [0.3, 0.4) is 0 Å². The van der Waals surface area contributed by atoms with Crippen LogP contribution >= 0.6 is 0 Å². The summed E-state index contributed by atoms with van der Waals surface area (Å²) in [7, 11) is -3.71. The quantitative estimate of drug-likeness (QED) is 0.783. The molecule has 1 amide bonds. The lowest BCUT2D eigenvalue weighted by Crippen LogP contribution is -2.37. The van der Waals surface area contributed by atoms with Gasteiger partial charge in [0.25, 0.3) is 15.9 Å². The number of carbonyl (C=O) groups excluding carboxylic acids is 1. The number of rotatable bonds is 6. The summed E-state index contributed by atoms with van der Waals surface area (Å²) in [6.07, 6.45) is 1.99. The molecule has 2 aromatic rings. The number of hydrogen-bond donors (Lipinski definition) is 1. The molecule has 2 aliphatic rings. The molecule has 8 heteroatoms. The van der Waals surface area contributed by atoms with Crippen LogP contribution in [0.1, 0.15) is 25.3 Å². The van der Waals surface area contributed by atoms with Crippen molar-refractivity contribution in [1.82, 2.24) is 0 Å². The van der Waals surface area contributed by atoms with Crippen LogP contribution in [0, 0.1) is 0 Å². The number of sulfonamides is 1. The minimum Gasteiger partial charge on any atom is -0.494 e. The van der Waals surface area contributed by atoms with Crippen LogP contribution in [0.25, 0.3) is 0 Å². The minimum atomic E-state index is -3.71. The lowest BCUT2D eigenvalue weighted by Gasteiger charge is -2.21. The number of hydrogen-bond acceptors (Lipinski definition) is 5. The van der Waals surface area contributed by atoms with Crippen LogP contribution in [0.5, 0.6) is 5.75 Å². The fourth-order valence-corrected chi connectivity index (χ4v) is 4.79. The molecule has 0 radical (unpaired) electrons. The van der Waals surface area contributed by atoms with Crippen molar-refractivity contribution in [3.05, 3.63) is 48.0 Å². The van der Waals surface area contributed by atoms with Gasteiger partial charge in [-0.25, -0.2) is 8.42 Å². The molecule has 1 unspecified atom stereocenters. The van der Waals surface area contributed by atoms with E-state index >= 15 is 0 Å². The molecule has 0 aliphatic carbocycles. The summed E-state index contributed by atoms with van der Waals surface area (Å²) < 4.78 is 38.9. The molecule has 1 atom stereocenters. The second-order valence-corrected chi connectivity index (χ2v) is 8.78. The van der Waals surface area contributed by atoms with Crippen LogP contribution < -0.4 is 14.4 Å². The van der Waals surface area contributed by atoms with E-state index in [2.05, 4.69) is 4.72 Å². The van der Waals surface area contributed by atoms with E-state index in [0.717, 1.165) is 24.1 Å². The topological polar surface area (TPSA) is 84.9 Å². The molecule has 1 saturated heterocycles. The Balaban J connectivity index is 1.50. The largest absolute Gasteiger partial charge is 0.494 e. The van der Waals surface area contributed by atoms with Crippen LogP contribution in [-0.4, -0.2) is 40.2 Å². The van der Waals surface area contributed by atoms with Crippen LogP contribution in [0.15, 0.2) is 47.4 Å². The maximum Gasteiger partial charge on any atom is 0.261 e. The summed E-state index contributed by atoms with van der Waals surface area (Å²) in [5.74, 6) is 0.615. The Labute approximate surface area is 170 Å². The van der Waals surface area contributed by atoms with E-state index in [9.17, 15) is 13.2 Å². The highest BCUT2D eigenvalue weighted by Crippen LogP contribution is 2.33. The predicted molar refractivity (Wildman–Crippen MR) is 110 cm³/mol. The van der Waals surface area contributed by atoms with Crippen molar-refractivity contribution in [3.8, 4) is 5.75 Å². The number of anilines is 2. The first-order valence-electron chi connectivity index (χ1n) is 9.79. The third kappa shape index (κ3) is 4.09. The van der Waals surface area contributed by atoms with Gasteiger partial charge in [0, 0.05) is 24.5 Å². The maximum atomic E-state index is 12.7. The monoisotopic (exact) mass is 416 g/mol. The minimum absolute atomic E-state index is 0.0102. The number of nitrogens with zero attached hydrogens (tertiary/aromatic N) is 1. The third-order valence-electron chi connectivity index (χ3n) is 5.14. The zero-order chi connectivity index (χ0) is 20.4. The number of benzene rings is 2. The molecular weight excluding hydrogens is 392 g/mol. The van der Waals surface area contributed by atoms with Crippen molar-refractivity contribution < 1.29 is 22.7 Å². The van der Waals surface area contributed by atoms with E-state index < -0.39 is 10.0 Å². The molecule has 2 heterocycles. The van der Waals surface area contributed by atoms with E-state index in [-0.39, 0.29) is 16.9 Å². The number of carbonyl (C=O) groups is 1. The third-order valence-corrected chi connectivity index (χ3v) is 6.54. The molecular formula is C21H24N2O5S. The Bertz CT molecular complexity index is 998. The van der Waals surface area contributed by atoms with Crippen LogP contribution in [0.4, 0.5) is 11.4 Å². The fourth-order valence-electron chi connectivity index (χ4n) is 3.74. The van der Waals surface area contributed by atoms with Gasteiger partial charge in [0.2, 0.25) is 0 Å². The Morgan fingerprint density at radius 3 is 2.72 bits per heavy atom. The van der Waals surface area contributed by atoms with Crippen molar-refractivity contribution in [3.63, 3.8) is 0 Å². The molecule has 0 spiro atoms. The first-order valence-corrected chi connectivity index (χ1v) is 11.3. The van der Waals surface area contributed by atoms with E-state index in [1.54, 1.807) is 35.2 Å². The molecule has 2 aromatic carbocycles. The van der Waals surface area contributed by atoms with Gasteiger partial charge >= 0.3 is 0 Å². The fraction of sp³-hybridized carbons (Fsp3) is 0.381. The van der Waals surface area contributed by atoms with Gasteiger partial charge in [0.05, 0.1) is 11.5 Å². The highest BCUT2D eigenvalue weighted by Gasteiger charge is 2.32. The summed E-state index contributed by atoms with van der Waals surface area (Å²) in [5.41, 5.74) is 2.25. The van der Waals surface area contributed by atoms with E-state index in [0.29, 0.717) is 37.6 Å². The van der Waals surface area contributed by atoms with Crippen molar-refractivity contribution in [2.75, 3.05) is 29.4 Å². The number of nitrogens with one attached hydrogen (secondary N) is 1. The van der Waals surface area contributed by atoms with Gasteiger partial charge in [0.1, 0.15) is 11.9 Å². The van der Waals surface area contributed by atoms with Crippen molar-refractivity contribution in [1.29, 1.82) is 0 Å². The number of amides is 1.